The van der Waals surface area contributed by atoms with Gasteiger partial charge in [0.25, 0.3) is 0 Å². The first-order chi connectivity index (χ1) is 32.2. The summed E-state index contributed by atoms with van der Waals surface area (Å²) >= 11 is 0. The number of rotatable bonds is 6. The highest BCUT2D eigenvalue weighted by Crippen LogP contribution is 2.63. The molecule has 65 heavy (non-hydrogen) atoms. The number of nitrogens with zero attached hydrogens (tertiary/aromatic N) is 4. The van der Waals surface area contributed by atoms with E-state index in [2.05, 4.69) is 170 Å². The second-order valence-corrected chi connectivity index (χ2v) is 16.9. The van der Waals surface area contributed by atoms with Crippen LogP contribution in [0.15, 0.2) is 231 Å². The van der Waals surface area contributed by atoms with Crippen molar-refractivity contribution >= 4 is 10.9 Å². The Bertz CT molecular complexity index is 3550. The average Bonchev–Trinajstić information content (AvgIpc) is 3.85. The maximum atomic E-state index is 5.66. The minimum Gasteiger partial charge on any atom is -0.248 e. The van der Waals surface area contributed by atoms with Gasteiger partial charge in [-0.25, -0.2) is 19.9 Å². The highest BCUT2D eigenvalue weighted by Gasteiger charge is 2.51. The second-order valence-electron chi connectivity index (χ2n) is 16.9. The third-order valence-electron chi connectivity index (χ3n) is 13.3. The van der Waals surface area contributed by atoms with Crippen molar-refractivity contribution in [2.24, 2.45) is 0 Å². The zero-order valence-corrected chi connectivity index (χ0v) is 35.2. The van der Waals surface area contributed by atoms with Gasteiger partial charge in [-0.3, -0.25) is 0 Å². The minimum absolute atomic E-state index is 0.487. The van der Waals surface area contributed by atoms with Gasteiger partial charge in [-0.1, -0.05) is 206 Å². The highest BCUT2D eigenvalue weighted by atomic mass is 15.0. The van der Waals surface area contributed by atoms with E-state index in [0.717, 1.165) is 61.1 Å². The molecule has 9 aromatic carbocycles. The molecule has 0 N–H and O–H groups in total. The summed E-state index contributed by atoms with van der Waals surface area (Å²) < 4.78 is 0. The van der Waals surface area contributed by atoms with Crippen LogP contribution in [0.4, 0.5) is 0 Å². The molecular weight excluding hydrogens is 789 g/mol. The molecule has 2 aromatic heterocycles. The molecule has 0 saturated carbocycles. The van der Waals surface area contributed by atoms with E-state index in [1.165, 1.54) is 44.5 Å². The summed E-state index contributed by atoms with van der Waals surface area (Å²) in [5.41, 5.74) is 19.9. The predicted molar refractivity (Wildman–Crippen MR) is 264 cm³/mol. The fourth-order valence-corrected chi connectivity index (χ4v) is 10.5. The summed E-state index contributed by atoms with van der Waals surface area (Å²) in [6.45, 7) is 0. The lowest BCUT2D eigenvalue weighted by Gasteiger charge is -2.30. The zero-order chi connectivity index (χ0) is 42.9. The van der Waals surface area contributed by atoms with Gasteiger partial charge in [-0.2, -0.15) is 0 Å². The average molecular weight is 827 g/mol. The molecule has 4 heteroatoms. The summed E-state index contributed by atoms with van der Waals surface area (Å²) in [6, 6.07) is 82.2. The van der Waals surface area contributed by atoms with Crippen LogP contribution in [0.2, 0.25) is 0 Å². The molecule has 2 heterocycles. The van der Waals surface area contributed by atoms with Crippen molar-refractivity contribution in [1.29, 1.82) is 0 Å². The summed E-state index contributed by atoms with van der Waals surface area (Å²) in [5, 5.41) is 1.08. The van der Waals surface area contributed by atoms with Crippen molar-refractivity contribution < 1.29 is 0 Å². The van der Waals surface area contributed by atoms with Gasteiger partial charge in [0.15, 0.2) is 17.5 Å². The summed E-state index contributed by atoms with van der Waals surface area (Å²) in [5.74, 6) is 1.88. The van der Waals surface area contributed by atoms with E-state index in [4.69, 9.17) is 19.9 Å². The van der Waals surface area contributed by atoms with E-state index >= 15 is 0 Å². The van der Waals surface area contributed by atoms with Gasteiger partial charge in [-0.15, -0.1) is 0 Å². The minimum atomic E-state index is -0.487. The number of hydrogen-bond acceptors (Lipinski definition) is 4. The van der Waals surface area contributed by atoms with E-state index in [1.54, 1.807) is 0 Å². The molecule has 0 bridgehead atoms. The number of fused-ring (bicyclic) bond motifs is 11. The van der Waals surface area contributed by atoms with Crippen molar-refractivity contribution in [2.75, 3.05) is 0 Å². The Morgan fingerprint density at radius 1 is 0.246 bits per heavy atom. The number of pyridine rings is 1. The first-order valence-corrected chi connectivity index (χ1v) is 22.1. The van der Waals surface area contributed by atoms with E-state index in [-0.39, 0.29) is 0 Å². The predicted octanol–water partition coefficient (Wildman–Crippen LogP) is 14.8. The van der Waals surface area contributed by atoms with Crippen molar-refractivity contribution in [3.8, 4) is 89.9 Å². The van der Waals surface area contributed by atoms with Gasteiger partial charge in [0, 0.05) is 27.6 Å². The second kappa shape index (κ2) is 14.8. The van der Waals surface area contributed by atoms with E-state index < -0.39 is 5.41 Å². The van der Waals surface area contributed by atoms with E-state index in [1.807, 2.05) is 60.7 Å². The van der Waals surface area contributed by atoms with E-state index in [0.29, 0.717) is 17.5 Å². The van der Waals surface area contributed by atoms with Gasteiger partial charge in [0.1, 0.15) is 0 Å². The molecule has 0 amide bonds. The van der Waals surface area contributed by atoms with Gasteiger partial charge >= 0.3 is 0 Å². The molecule has 0 aliphatic heterocycles. The van der Waals surface area contributed by atoms with Crippen molar-refractivity contribution in [2.45, 2.75) is 5.41 Å². The lowest BCUT2D eigenvalue weighted by Crippen LogP contribution is -2.25. The standard InChI is InChI=1S/C61H38N4/c1-4-19-39(20-5-1)44-27-10-11-31-48(44)56-37-49(42-25-18-26-43(35-42)60-64-58(40-21-6-2-7-22-40)63-59(65-60)41-23-8-3-9-24-41)51-36-50-47-30-14-17-34-54(47)61(55(50)38-57(51)62-56)52-32-15-12-28-45(52)46-29-13-16-33-53(46)61/h1-38H. The quantitative estimate of drug-likeness (QED) is 0.168. The fraction of sp³-hybridized carbons (Fsp3) is 0.0164. The van der Waals surface area contributed by atoms with Crippen molar-refractivity contribution in [1.82, 2.24) is 19.9 Å². The molecule has 2 aliphatic carbocycles. The lowest BCUT2D eigenvalue weighted by molar-refractivity contribution is 0.794. The molecule has 0 saturated heterocycles. The van der Waals surface area contributed by atoms with Gasteiger partial charge < -0.3 is 0 Å². The van der Waals surface area contributed by atoms with Crippen LogP contribution < -0.4 is 0 Å². The molecule has 11 aromatic rings. The van der Waals surface area contributed by atoms with Crippen LogP contribution >= 0.6 is 0 Å². The molecule has 0 radical (unpaired) electrons. The van der Waals surface area contributed by atoms with Gasteiger partial charge in [-0.05, 0) is 91.0 Å². The van der Waals surface area contributed by atoms with Gasteiger partial charge in [0.05, 0.1) is 16.6 Å². The normalized spacial score (nSPS) is 12.7. The van der Waals surface area contributed by atoms with Crippen LogP contribution in [0.25, 0.3) is 101 Å². The maximum absolute atomic E-state index is 5.66. The number of benzene rings is 9. The molecule has 0 fully saturated rings. The monoisotopic (exact) mass is 826 g/mol. The SMILES string of the molecule is c1ccc(-c2nc(-c3ccccc3)nc(-c3cccc(-c4cc(-c5ccccc5-c5ccccc5)nc5cc6c(cc45)-c4ccccc4C64c5ccccc5-c5ccccc54)c3)n2)cc1. The first kappa shape index (κ1) is 37.0. The molecule has 0 unspecified atom stereocenters. The Hall–Kier alpha value is -8.60. The molecule has 1 spiro atoms. The molecule has 4 nitrogen and oxygen atoms in total. The summed E-state index contributed by atoms with van der Waals surface area (Å²) in [6.07, 6.45) is 0. The zero-order valence-electron chi connectivity index (χ0n) is 35.2. The molecular formula is C61H38N4. The lowest BCUT2D eigenvalue weighted by atomic mass is 9.70. The molecule has 0 atom stereocenters. The van der Waals surface area contributed by atoms with Crippen LogP contribution in [0.1, 0.15) is 22.3 Å². The topological polar surface area (TPSA) is 51.6 Å². The summed E-state index contributed by atoms with van der Waals surface area (Å²) in [4.78, 5) is 20.9. The molecule has 302 valence electrons. The smallest absolute Gasteiger partial charge is 0.164 e. The van der Waals surface area contributed by atoms with Crippen molar-refractivity contribution in [3.63, 3.8) is 0 Å². The Morgan fingerprint density at radius 2 is 0.677 bits per heavy atom. The molecule has 13 rings (SSSR count). The Labute approximate surface area is 377 Å². The fourth-order valence-electron chi connectivity index (χ4n) is 10.5. The third kappa shape index (κ3) is 5.77. The highest BCUT2D eigenvalue weighted by molar-refractivity contribution is 6.05. The molecule has 2 aliphatic rings. The van der Waals surface area contributed by atoms with Crippen molar-refractivity contribution in [3.05, 3.63) is 253 Å². The largest absolute Gasteiger partial charge is 0.248 e. The van der Waals surface area contributed by atoms with Crippen LogP contribution in [0.5, 0.6) is 0 Å². The Balaban J connectivity index is 1.08. The van der Waals surface area contributed by atoms with Crippen LogP contribution in [-0.4, -0.2) is 19.9 Å². The van der Waals surface area contributed by atoms with E-state index in [9.17, 15) is 0 Å². The number of hydrogen-bond donors (Lipinski definition) is 0. The van der Waals surface area contributed by atoms with Crippen LogP contribution in [-0.2, 0) is 5.41 Å². The first-order valence-electron chi connectivity index (χ1n) is 22.1. The maximum Gasteiger partial charge on any atom is 0.164 e. The third-order valence-corrected chi connectivity index (χ3v) is 13.3. The Kier molecular flexibility index (Phi) is 8.40. The van der Waals surface area contributed by atoms with Gasteiger partial charge in [0.2, 0.25) is 0 Å². The number of aromatic nitrogens is 4. The Morgan fingerprint density at radius 3 is 1.25 bits per heavy atom. The van der Waals surface area contributed by atoms with Crippen LogP contribution in [0.3, 0.4) is 0 Å². The van der Waals surface area contributed by atoms with Crippen LogP contribution in [0, 0.1) is 0 Å². The summed E-state index contributed by atoms with van der Waals surface area (Å²) in [7, 11) is 0.